The highest BCUT2D eigenvalue weighted by molar-refractivity contribution is 6.00. The fourth-order valence-electron chi connectivity index (χ4n) is 4.14. The van der Waals surface area contributed by atoms with Crippen LogP contribution in [0, 0.1) is 0 Å². The van der Waals surface area contributed by atoms with Gasteiger partial charge in [0.2, 0.25) is 0 Å². The van der Waals surface area contributed by atoms with Crippen LogP contribution in [0.4, 0.5) is 0 Å². The zero-order valence-electron chi connectivity index (χ0n) is 21.8. The van der Waals surface area contributed by atoms with Crippen molar-refractivity contribution in [3.63, 3.8) is 0 Å². The molecular formula is C29H35N3O5. The Labute approximate surface area is 217 Å². The van der Waals surface area contributed by atoms with Gasteiger partial charge in [-0.1, -0.05) is 57.0 Å². The molecule has 8 nitrogen and oxygen atoms in total. The van der Waals surface area contributed by atoms with Crippen molar-refractivity contribution < 1.29 is 24.2 Å². The maximum atomic E-state index is 13.7. The number of esters is 1. The summed E-state index contributed by atoms with van der Waals surface area (Å²) in [6, 6.07) is 14.2. The second-order valence-corrected chi connectivity index (χ2v) is 8.95. The molecule has 3 rings (SSSR count). The fourth-order valence-corrected chi connectivity index (χ4v) is 4.14. The minimum absolute atomic E-state index is 0.0981. The van der Waals surface area contributed by atoms with Crippen LogP contribution in [0.2, 0.25) is 0 Å². The SMILES string of the molecule is CCCCN(CCCC)C(=O)c1nc(-c2ccc(C(=O)OC)cc2C(=O)O)[nH]c1CCc1ccccc1. The second-order valence-electron chi connectivity index (χ2n) is 8.95. The van der Waals surface area contributed by atoms with Gasteiger partial charge in [-0.05, 0) is 49.4 Å². The molecule has 0 fully saturated rings. The number of amides is 1. The van der Waals surface area contributed by atoms with Crippen LogP contribution in [0.1, 0.15) is 82.0 Å². The number of carbonyl (C=O) groups is 3. The quantitative estimate of drug-likeness (QED) is 0.301. The zero-order valence-corrected chi connectivity index (χ0v) is 21.8. The van der Waals surface area contributed by atoms with Gasteiger partial charge in [0.25, 0.3) is 5.91 Å². The molecule has 0 aliphatic heterocycles. The molecule has 0 aliphatic carbocycles. The lowest BCUT2D eigenvalue weighted by Crippen LogP contribution is -2.33. The number of aryl methyl sites for hydroxylation is 2. The van der Waals surface area contributed by atoms with Crippen LogP contribution in [0.15, 0.2) is 48.5 Å². The van der Waals surface area contributed by atoms with Gasteiger partial charge in [0.1, 0.15) is 11.5 Å². The molecule has 0 bridgehead atoms. The summed E-state index contributed by atoms with van der Waals surface area (Å²) in [6.07, 6.45) is 4.96. The fraction of sp³-hybridized carbons (Fsp3) is 0.379. The van der Waals surface area contributed by atoms with Gasteiger partial charge in [-0.3, -0.25) is 4.79 Å². The summed E-state index contributed by atoms with van der Waals surface area (Å²) in [5.74, 6) is -1.71. The highest BCUT2D eigenvalue weighted by Gasteiger charge is 2.25. The number of aromatic nitrogens is 2. The van der Waals surface area contributed by atoms with Gasteiger partial charge in [-0.15, -0.1) is 0 Å². The largest absolute Gasteiger partial charge is 0.478 e. The van der Waals surface area contributed by atoms with Crippen LogP contribution in [0.3, 0.4) is 0 Å². The number of carbonyl (C=O) groups excluding carboxylic acids is 2. The van der Waals surface area contributed by atoms with Gasteiger partial charge < -0.3 is 19.7 Å². The molecule has 1 amide bonds. The molecule has 3 aromatic rings. The summed E-state index contributed by atoms with van der Waals surface area (Å²) >= 11 is 0. The van der Waals surface area contributed by atoms with E-state index in [9.17, 15) is 19.5 Å². The standard InChI is InChI=1S/C29H35N3O5/c1-4-6-17-32(18-7-5-2)27(33)25-24(16-13-20-11-9-8-10-12-20)30-26(31-25)22-15-14-21(29(36)37-3)19-23(22)28(34)35/h8-12,14-15,19H,4-7,13,16-18H2,1-3H3,(H,30,31)(H,34,35). The summed E-state index contributed by atoms with van der Waals surface area (Å²) in [5.41, 5.74) is 2.43. The maximum Gasteiger partial charge on any atom is 0.337 e. The van der Waals surface area contributed by atoms with Crippen molar-refractivity contribution in [1.82, 2.24) is 14.9 Å². The van der Waals surface area contributed by atoms with E-state index in [2.05, 4.69) is 23.8 Å². The van der Waals surface area contributed by atoms with Gasteiger partial charge in [0.05, 0.1) is 18.2 Å². The van der Waals surface area contributed by atoms with E-state index < -0.39 is 11.9 Å². The number of imidazole rings is 1. The molecule has 2 N–H and O–H groups in total. The minimum atomic E-state index is -1.21. The summed E-state index contributed by atoms with van der Waals surface area (Å²) in [5, 5.41) is 9.86. The Balaban J connectivity index is 2.05. The van der Waals surface area contributed by atoms with Gasteiger partial charge in [-0.2, -0.15) is 0 Å². The first-order chi connectivity index (χ1) is 17.9. The van der Waals surface area contributed by atoms with Crippen molar-refractivity contribution in [2.45, 2.75) is 52.4 Å². The highest BCUT2D eigenvalue weighted by atomic mass is 16.5. The van der Waals surface area contributed by atoms with E-state index in [-0.39, 0.29) is 22.9 Å². The Morgan fingerprint density at radius 3 is 2.24 bits per heavy atom. The minimum Gasteiger partial charge on any atom is -0.478 e. The smallest absolute Gasteiger partial charge is 0.337 e. The van der Waals surface area contributed by atoms with Crippen molar-refractivity contribution in [3.05, 3.63) is 76.6 Å². The van der Waals surface area contributed by atoms with Crippen LogP contribution in [-0.2, 0) is 17.6 Å². The van der Waals surface area contributed by atoms with Crippen LogP contribution in [0.5, 0.6) is 0 Å². The molecule has 0 unspecified atom stereocenters. The first-order valence-corrected chi connectivity index (χ1v) is 12.8. The monoisotopic (exact) mass is 505 g/mol. The number of benzene rings is 2. The summed E-state index contributed by atoms with van der Waals surface area (Å²) in [4.78, 5) is 47.5. The third-order valence-corrected chi connectivity index (χ3v) is 6.26. The molecule has 0 aliphatic rings. The number of H-pyrrole nitrogens is 1. The van der Waals surface area contributed by atoms with Crippen molar-refractivity contribution in [2.75, 3.05) is 20.2 Å². The molecule has 1 heterocycles. The topological polar surface area (TPSA) is 113 Å². The number of nitrogens with one attached hydrogen (secondary N) is 1. The molecule has 2 aromatic carbocycles. The number of carboxylic acids is 1. The van der Waals surface area contributed by atoms with E-state index in [1.807, 2.05) is 35.2 Å². The van der Waals surface area contributed by atoms with Crippen LogP contribution < -0.4 is 0 Å². The van der Waals surface area contributed by atoms with E-state index in [1.165, 1.54) is 25.3 Å². The third-order valence-electron chi connectivity index (χ3n) is 6.26. The zero-order chi connectivity index (χ0) is 26.8. The normalized spacial score (nSPS) is 10.8. The molecule has 0 spiro atoms. The van der Waals surface area contributed by atoms with E-state index in [4.69, 9.17) is 4.74 Å². The number of ether oxygens (including phenoxy) is 1. The number of hydrogen-bond acceptors (Lipinski definition) is 5. The first kappa shape index (κ1) is 27.6. The lowest BCUT2D eigenvalue weighted by Gasteiger charge is -2.22. The Morgan fingerprint density at radius 1 is 0.973 bits per heavy atom. The van der Waals surface area contributed by atoms with Crippen molar-refractivity contribution in [1.29, 1.82) is 0 Å². The lowest BCUT2D eigenvalue weighted by molar-refractivity contribution is 0.0600. The Morgan fingerprint density at radius 2 is 1.65 bits per heavy atom. The van der Waals surface area contributed by atoms with E-state index in [0.717, 1.165) is 31.2 Å². The molecule has 196 valence electrons. The number of carboxylic acid groups (broad SMARTS) is 1. The van der Waals surface area contributed by atoms with E-state index >= 15 is 0 Å². The predicted octanol–water partition coefficient (Wildman–Crippen LogP) is 5.39. The van der Waals surface area contributed by atoms with E-state index in [0.29, 0.717) is 42.9 Å². The predicted molar refractivity (Wildman–Crippen MR) is 142 cm³/mol. The molecule has 8 heteroatoms. The van der Waals surface area contributed by atoms with Gasteiger partial charge in [0, 0.05) is 24.3 Å². The molecule has 0 atom stereocenters. The molecule has 1 aromatic heterocycles. The molecule has 37 heavy (non-hydrogen) atoms. The Hall–Kier alpha value is -3.94. The highest BCUT2D eigenvalue weighted by Crippen LogP contribution is 2.26. The third kappa shape index (κ3) is 7.06. The summed E-state index contributed by atoms with van der Waals surface area (Å²) < 4.78 is 4.73. The van der Waals surface area contributed by atoms with Crippen molar-refractivity contribution >= 4 is 17.8 Å². The van der Waals surface area contributed by atoms with Crippen LogP contribution in [-0.4, -0.2) is 58.0 Å². The van der Waals surface area contributed by atoms with Gasteiger partial charge >= 0.3 is 11.9 Å². The number of aromatic carboxylic acids is 1. The molecular weight excluding hydrogens is 470 g/mol. The molecule has 0 saturated heterocycles. The van der Waals surface area contributed by atoms with E-state index in [1.54, 1.807) is 0 Å². The van der Waals surface area contributed by atoms with Crippen molar-refractivity contribution in [3.8, 4) is 11.4 Å². The number of hydrogen-bond donors (Lipinski definition) is 2. The molecule has 0 radical (unpaired) electrons. The van der Waals surface area contributed by atoms with Crippen molar-refractivity contribution in [2.24, 2.45) is 0 Å². The van der Waals surface area contributed by atoms with Gasteiger partial charge in [-0.25, -0.2) is 14.6 Å². The molecule has 0 saturated carbocycles. The summed E-state index contributed by atoms with van der Waals surface area (Å²) in [7, 11) is 1.24. The second kappa shape index (κ2) is 13.4. The number of methoxy groups -OCH3 is 1. The Bertz CT molecular complexity index is 1210. The average molecular weight is 506 g/mol. The number of nitrogens with zero attached hydrogens (tertiary/aromatic N) is 2. The maximum absolute atomic E-state index is 13.7. The Kier molecular flexibility index (Phi) is 10.0. The lowest BCUT2D eigenvalue weighted by atomic mass is 10.0. The van der Waals surface area contributed by atoms with Crippen LogP contribution in [0.25, 0.3) is 11.4 Å². The van der Waals surface area contributed by atoms with Gasteiger partial charge in [0.15, 0.2) is 0 Å². The van der Waals surface area contributed by atoms with Crippen LogP contribution >= 0.6 is 0 Å². The number of aromatic amines is 1. The number of rotatable bonds is 13. The summed E-state index contributed by atoms with van der Waals surface area (Å²) in [6.45, 7) is 5.46. The number of unbranched alkanes of at least 4 members (excludes halogenated alkanes) is 2. The average Bonchev–Trinajstić information content (AvgIpc) is 3.35. The first-order valence-electron chi connectivity index (χ1n) is 12.8.